The van der Waals surface area contributed by atoms with Gasteiger partial charge >= 0.3 is 0 Å². The Labute approximate surface area is 76.0 Å². The monoisotopic (exact) mass is 182 g/mol. The van der Waals surface area contributed by atoms with Crippen LogP contribution in [-0.4, -0.2) is 23.7 Å². The van der Waals surface area contributed by atoms with Crippen LogP contribution in [0.15, 0.2) is 30.3 Å². The topological polar surface area (TPSA) is 37.3 Å². The fourth-order valence-corrected chi connectivity index (χ4v) is 1.01. The van der Waals surface area contributed by atoms with Crippen LogP contribution in [0.25, 0.3) is 0 Å². The Kier molecular flexibility index (Phi) is 3.58. The van der Waals surface area contributed by atoms with Crippen LogP contribution in [0.1, 0.15) is 16.8 Å². The molecule has 0 bridgehead atoms. The van der Waals surface area contributed by atoms with Gasteiger partial charge < -0.3 is 5.11 Å². The molecule has 0 heterocycles. The zero-order chi connectivity index (χ0) is 9.68. The van der Waals surface area contributed by atoms with Gasteiger partial charge in [-0.3, -0.25) is 4.79 Å². The lowest BCUT2D eigenvalue weighted by Gasteiger charge is -2.04. The van der Waals surface area contributed by atoms with E-state index in [4.69, 9.17) is 5.11 Å². The van der Waals surface area contributed by atoms with Crippen molar-refractivity contribution in [2.45, 2.75) is 12.5 Å². The summed E-state index contributed by atoms with van der Waals surface area (Å²) in [5.41, 5.74) is 0.509. The Balaban J connectivity index is 2.59. The second-order valence-electron chi connectivity index (χ2n) is 2.80. The smallest absolute Gasteiger partial charge is 0.165 e. The fraction of sp³-hybridized carbons (Fsp3) is 0.300. The van der Waals surface area contributed by atoms with E-state index in [9.17, 15) is 9.18 Å². The van der Waals surface area contributed by atoms with Crippen molar-refractivity contribution in [3.05, 3.63) is 35.9 Å². The highest BCUT2D eigenvalue weighted by Crippen LogP contribution is 2.05. The summed E-state index contributed by atoms with van der Waals surface area (Å²) in [6.45, 7) is -0.876. The molecule has 0 saturated heterocycles. The second-order valence-corrected chi connectivity index (χ2v) is 2.80. The number of halogens is 1. The average Bonchev–Trinajstić information content (AvgIpc) is 2.19. The molecule has 3 heteroatoms. The lowest BCUT2D eigenvalue weighted by molar-refractivity contribution is 0.0833. The van der Waals surface area contributed by atoms with Crippen molar-refractivity contribution in [1.82, 2.24) is 0 Å². The minimum absolute atomic E-state index is 0.152. The molecule has 0 aliphatic heterocycles. The van der Waals surface area contributed by atoms with Crippen LogP contribution >= 0.6 is 0 Å². The van der Waals surface area contributed by atoms with E-state index in [1.807, 2.05) is 0 Å². The van der Waals surface area contributed by atoms with E-state index in [1.165, 1.54) is 0 Å². The Morgan fingerprint density at radius 3 is 2.54 bits per heavy atom. The van der Waals surface area contributed by atoms with E-state index < -0.39 is 12.8 Å². The maximum absolute atomic E-state index is 11.9. The normalized spacial score (nSPS) is 12.5. The Bertz CT molecular complexity index is 272. The highest BCUT2D eigenvalue weighted by atomic mass is 19.1. The minimum atomic E-state index is -1.17. The van der Waals surface area contributed by atoms with Crippen LogP contribution in [0, 0.1) is 0 Å². The zero-order valence-electron chi connectivity index (χ0n) is 7.11. The van der Waals surface area contributed by atoms with Crippen molar-refractivity contribution >= 4 is 5.78 Å². The van der Waals surface area contributed by atoms with Gasteiger partial charge in [0.2, 0.25) is 0 Å². The molecule has 0 fully saturated rings. The number of ketones is 1. The largest absolute Gasteiger partial charge is 0.390 e. The second kappa shape index (κ2) is 4.72. The third-order valence-electron chi connectivity index (χ3n) is 1.69. The number of carbonyl (C=O) groups excluding carboxylic acids is 1. The van der Waals surface area contributed by atoms with Gasteiger partial charge in [-0.1, -0.05) is 30.3 Å². The summed E-state index contributed by atoms with van der Waals surface area (Å²) in [4.78, 5) is 11.3. The Morgan fingerprint density at radius 1 is 1.38 bits per heavy atom. The van der Waals surface area contributed by atoms with Gasteiger partial charge in [-0.25, -0.2) is 4.39 Å². The summed E-state index contributed by atoms with van der Waals surface area (Å²) in [7, 11) is 0. The Morgan fingerprint density at radius 2 is 2.00 bits per heavy atom. The third kappa shape index (κ3) is 2.95. The van der Waals surface area contributed by atoms with Crippen LogP contribution in [0.3, 0.4) is 0 Å². The quantitative estimate of drug-likeness (QED) is 0.718. The fourth-order valence-electron chi connectivity index (χ4n) is 1.01. The van der Waals surface area contributed by atoms with E-state index in [1.54, 1.807) is 30.3 Å². The van der Waals surface area contributed by atoms with E-state index in [2.05, 4.69) is 0 Å². The van der Waals surface area contributed by atoms with Crippen molar-refractivity contribution < 1.29 is 14.3 Å². The molecule has 1 aromatic carbocycles. The van der Waals surface area contributed by atoms with E-state index >= 15 is 0 Å². The molecule has 1 atom stereocenters. The average molecular weight is 182 g/mol. The first-order valence-electron chi connectivity index (χ1n) is 4.06. The molecule has 0 aliphatic carbocycles. The standard InChI is InChI=1S/C10H11FO2/c11-7-9(12)6-10(13)8-4-2-1-3-5-8/h1-5,9,12H,6-7H2. The lowest BCUT2D eigenvalue weighted by atomic mass is 10.1. The highest BCUT2D eigenvalue weighted by molar-refractivity contribution is 5.96. The first-order valence-corrected chi connectivity index (χ1v) is 4.06. The third-order valence-corrected chi connectivity index (χ3v) is 1.69. The van der Waals surface area contributed by atoms with Crippen LogP contribution in [0.2, 0.25) is 0 Å². The maximum Gasteiger partial charge on any atom is 0.165 e. The van der Waals surface area contributed by atoms with Crippen LogP contribution in [0.5, 0.6) is 0 Å². The number of benzene rings is 1. The first kappa shape index (κ1) is 9.86. The summed E-state index contributed by atoms with van der Waals surface area (Å²) in [6, 6.07) is 8.55. The number of hydrogen-bond donors (Lipinski definition) is 1. The van der Waals surface area contributed by atoms with Crippen LogP contribution < -0.4 is 0 Å². The predicted octanol–water partition coefficient (Wildman–Crippen LogP) is 1.59. The molecule has 0 saturated carbocycles. The van der Waals surface area contributed by atoms with E-state index in [0.29, 0.717) is 5.56 Å². The first-order chi connectivity index (χ1) is 6.24. The van der Waals surface area contributed by atoms with Crippen LogP contribution in [0.4, 0.5) is 4.39 Å². The molecular formula is C10H11FO2. The van der Waals surface area contributed by atoms with Gasteiger partial charge in [0.25, 0.3) is 0 Å². The van der Waals surface area contributed by atoms with Gasteiger partial charge in [-0.2, -0.15) is 0 Å². The molecule has 0 radical (unpaired) electrons. The predicted molar refractivity (Wildman–Crippen MR) is 47.4 cm³/mol. The number of Topliss-reactive ketones (excluding diaryl/α,β-unsaturated/α-hetero) is 1. The molecule has 0 amide bonds. The SMILES string of the molecule is O=C(CC(O)CF)c1ccccc1. The molecule has 0 spiro atoms. The van der Waals surface area contributed by atoms with E-state index in [-0.39, 0.29) is 12.2 Å². The summed E-state index contributed by atoms with van der Waals surface area (Å²) in [5.74, 6) is -0.231. The minimum Gasteiger partial charge on any atom is -0.390 e. The van der Waals surface area contributed by atoms with Crippen molar-refractivity contribution in [3.63, 3.8) is 0 Å². The van der Waals surface area contributed by atoms with Crippen molar-refractivity contribution in [1.29, 1.82) is 0 Å². The summed E-state index contributed by atoms with van der Waals surface area (Å²) in [5, 5.41) is 8.89. The lowest BCUT2D eigenvalue weighted by Crippen LogP contribution is -2.15. The maximum atomic E-state index is 11.9. The Hall–Kier alpha value is -1.22. The summed E-state index contributed by atoms with van der Waals surface area (Å²) >= 11 is 0. The molecule has 0 aromatic heterocycles. The number of hydrogen-bond acceptors (Lipinski definition) is 2. The number of aliphatic hydroxyl groups excluding tert-OH is 1. The zero-order valence-corrected chi connectivity index (χ0v) is 7.11. The summed E-state index contributed by atoms with van der Waals surface area (Å²) < 4.78 is 11.9. The van der Waals surface area contributed by atoms with Gasteiger partial charge in [-0.15, -0.1) is 0 Å². The highest BCUT2D eigenvalue weighted by Gasteiger charge is 2.11. The molecule has 13 heavy (non-hydrogen) atoms. The summed E-state index contributed by atoms with van der Waals surface area (Å²) in [6.07, 6.45) is -1.33. The molecule has 70 valence electrons. The van der Waals surface area contributed by atoms with Gasteiger partial charge in [0.05, 0.1) is 6.10 Å². The van der Waals surface area contributed by atoms with Gasteiger partial charge in [-0.05, 0) is 0 Å². The molecule has 1 aromatic rings. The molecule has 2 nitrogen and oxygen atoms in total. The molecule has 0 aliphatic rings. The van der Waals surface area contributed by atoms with E-state index in [0.717, 1.165) is 0 Å². The number of alkyl halides is 1. The van der Waals surface area contributed by atoms with Crippen molar-refractivity contribution in [2.75, 3.05) is 6.67 Å². The van der Waals surface area contributed by atoms with Crippen LogP contribution in [-0.2, 0) is 0 Å². The number of carbonyl (C=O) groups is 1. The number of aliphatic hydroxyl groups is 1. The van der Waals surface area contributed by atoms with Gasteiger partial charge in [0.15, 0.2) is 5.78 Å². The van der Waals surface area contributed by atoms with Gasteiger partial charge in [0.1, 0.15) is 6.67 Å². The molecule has 1 N–H and O–H groups in total. The van der Waals surface area contributed by atoms with Crippen molar-refractivity contribution in [3.8, 4) is 0 Å². The molecular weight excluding hydrogens is 171 g/mol. The molecule has 1 unspecified atom stereocenters. The van der Waals surface area contributed by atoms with Gasteiger partial charge in [0, 0.05) is 12.0 Å². The molecule has 1 rings (SSSR count). The van der Waals surface area contributed by atoms with Crippen molar-refractivity contribution in [2.24, 2.45) is 0 Å². The number of rotatable bonds is 4.